The highest BCUT2D eigenvalue weighted by atomic mass is 16.6. The number of aromatic nitrogens is 3. The van der Waals surface area contributed by atoms with Gasteiger partial charge in [-0.1, -0.05) is 0 Å². The summed E-state index contributed by atoms with van der Waals surface area (Å²) in [4.78, 5) is 25.4. The van der Waals surface area contributed by atoms with Crippen LogP contribution in [-0.4, -0.2) is 66.6 Å². The molecule has 4 rings (SSSR count). The fraction of sp³-hybridized carbons (Fsp3) is 0.300. The molecule has 13 nitrogen and oxygen atoms in total. The zero-order valence-corrected chi connectivity index (χ0v) is 17.9. The third kappa shape index (κ3) is 5.15. The minimum atomic E-state index is -0.480. The van der Waals surface area contributed by atoms with Crippen LogP contribution in [0.2, 0.25) is 0 Å². The van der Waals surface area contributed by atoms with E-state index in [9.17, 15) is 10.1 Å². The van der Waals surface area contributed by atoms with E-state index in [2.05, 4.69) is 25.5 Å². The Bertz CT molecular complexity index is 1160. The third-order valence-corrected chi connectivity index (χ3v) is 4.72. The number of nitro benzene ring substituents is 1. The van der Waals surface area contributed by atoms with Crippen molar-refractivity contribution in [3.05, 3.63) is 46.2 Å². The summed E-state index contributed by atoms with van der Waals surface area (Å²) in [5, 5.41) is 15.2. The Balaban J connectivity index is 1.50. The molecule has 1 N–H and O–H groups in total. The van der Waals surface area contributed by atoms with Crippen LogP contribution >= 0.6 is 0 Å². The van der Waals surface area contributed by atoms with Gasteiger partial charge in [0.05, 0.1) is 44.1 Å². The Kier molecular flexibility index (Phi) is 6.59. The average molecular weight is 455 g/mol. The minimum absolute atomic E-state index is 0.0704. The van der Waals surface area contributed by atoms with Crippen LogP contribution in [0.5, 0.6) is 11.8 Å². The first-order valence-electron chi connectivity index (χ1n) is 9.92. The number of hydrazone groups is 1. The van der Waals surface area contributed by atoms with Crippen molar-refractivity contribution in [2.45, 2.75) is 0 Å². The number of non-ortho nitro benzene ring substituents is 1. The topological polar surface area (TPSA) is 150 Å². The van der Waals surface area contributed by atoms with Gasteiger partial charge in [0.2, 0.25) is 5.95 Å². The monoisotopic (exact) mass is 455 g/mol. The molecule has 2 aromatic heterocycles. The fourth-order valence-corrected chi connectivity index (χ4v) is 3.11. The van der Waals surface area contributed by atoms with Crippen LogP contribution < -0.4 is 19.8 Å². The Morgan fingerprint density at radius 3 is 2.70 bits per heavy atom. The molecule has 0 amide bonds. The highest BCUT2D eigenvalue weighted by Gasteiger charge is 2.17. The van der Waals surface area contributed by atoms with Gasteiger partial charge in [-0.15, -0.1) is 0 Å². The number of nitrogens with one attached hydrogen (secondary N) is 1. The maximum absolute atomic E-state index is 11.1. The number of methoxy groups -OCH3 is 2. The molecule has 0 atom stereocenters. The lowest BCUT2D eigenvalue weighted by atomic mass is 10.1. The van der Waals surface area contributed by atoms with Crippen molar-refractivity contribution in [1.29, 1.82) is 0 Å². The van der Waals surface area contributed by atoms with Gasteiger partial charge in [-0.3, -0.25) is 10.1 Å². The number of ether oxygens (including phenoxy) is 3. The molecule has 1 saturated heterocycles. The molecule has 3 aromatic rings. The SMILES string of the molecule is COc1nc(N/N=C\c2ccc(-c3cc([N+](=O)[O-])ccc3OC)o2)nc(N2CCOCC2)n1. The molecule has 1 aliphatic rings. The molecule has 3 heterocycles. The van der Waals surface area contributed by atoms with Gasteiger partial charge in [0.15, 0.2) is 0 Å². The normalized spacial score (nSPS) is 13.8. The Morgan fingerprint density at radius 2 is 1.97 bits per heavy atom. The summed E-state index contributed by atoms with van der Waals surface area (Å²) < 4.78 is 21.6. The molecule has 0 unspecified atom stereocenters. The van der Waals surface area contributed by atoms with Crippen molar-refractivity contribution in [3.63, 3.8) is 0 Å². The Labute approximate surface area is 188 Å². The first-order valence-corrected chi connectivity index (χ1v) is 9.92. The number of nitrogens with zero attached hydrogens (tertiary/aromatic N) is 6. The molecule has 1 fully saturated rings. The van der Waals surface area contributed by atoms with Gasteiger partial charge in [-0.05, 0) is 18.2 Å². The van der Waals surface area contributed by atoms with Crippen LogP contribution in [0.3, 0.4) is 0 Å². The predicted octanol–water partition coefficient (Wildman–Crippen LogP) is 2.34. The number of hydrogen-bond acceptors (Lipinski definition) is 12. The number of nitro groups is 1. The molecule has 0 saturated carbocycles. The van der Waals surface area contributed by atoms with Gasteiger partial charge in [-0.2, -0.15) is 20.1 Å². The number of benzene rings is 1. The first kappa shape index (κ1) is 22.0. The zero-order chi connectivity index (χ0) is 23.2. The van der Waals surface area contributed by atoms with Crippen molar-refractivity contribution >= 4 is 23.8 Å². The molecule has 0 spiro atoms. The van der Waals surface area contributed by atoms with E-state index in [0.717, 1.165) is 0 Å². The van der Waals surface area contributed by atoms with Crippen molar-refractivity contribution < 1.29 is 23.6 Å². The van der Waals surface area contributed by atoms with Crippen molar-refractivity contribution in [2.75, 3.05) is 50.8 Å². The predicted molar refractivity (Wildman–Crippen MR) is 118 cm³/mol. The van der Waals surface area contributed by atoms with Crippen LogP contribution in [0, 0.1) is 10.1 Å². The molecule has 1 aliphatic heterocycles. The maximum atomic E-state index is 11.1. The fourth-order valence-electron chi connectivity index (χ4n) is 3.11. The summed E-state index contributed by atoms with van der Waals surface area (Å²) in [5.74, 6) is 1.91. The molecule has 0 bridgehead atoms. The molecule has 33 heavy (non-hydrogen) atoms. The number of anilines is 2. The number of rotatable bonds is 8. The van der Waals surface area contributed by atoms with Gasteiger partial charge < -0.3 is 23.5 Å². The van der Waals surface area contributed by atoms with Gasteiger partial charge in [0.1, 0.15) is 17.3 Å². The molecule has 1 aromatic carbocycles. The van der Waals surface area contributed by atoms with Crippen molar-refractivity contribution in [3.8, 4) is 23.1 Å². The lowest BCUT2D eigenvalue weighted by Crippen LogP contribution is -2.37. The van der Waals surface area contributed by atoms with E-state index in [1.165, 1.54) is 38.6 Å². The summed E-state index contributed by atoms with van der Waals surface area (Å²) in [6.45, 7) is 2.49. The molecule has 0 aliphatic carbocycles. The van der Waals surface area contributed by atoms with Crippen LogP contribution in [-0.2, 0) is 4.74 Å². The first-order chi connectivity index (χ1) is 16.1. The van der Waals surface area contributed by atoms with E-state index in [1.54, 1.807) is 12.1 Å². The lowest BCUT2D eigenvalue weighted by molar-refractivity contribution is -0.384. The third-order valence-electron chi connectivity index (χ3n) is 4.72. The van der Waals surface area contributed by atoms with E-state index in [4.69, 9.17) is 18.6 Å². The number of morpholine rings is 1. The van der Waals surface area contributed by atoms with Crippen molar-refractivity contribution in [2.24, 2.45) is 5.10 Å². The standard InChI is InChI=1S/C20H21N7O6/c1-30-16-5-3-13(27(28)29)11-15(16)17-6-4-14(33-17)12-21-25-18-22-19(24-20(23-18)31-2)26-7-9-32-10-8-26/h3-6,11-12H,7-10H2,1-2H3,(H,22,23,24,25)/b21-12-. The summed E-state index contributed by atoms with van der Waals surface area (Å²) in [6, 6.07) is 7.78. The molecule has 13 heteroatoms. The van der Waals surface area contributed by atoms with Crippen LogP contribution in [0.4, 0.5) is 17.6 Å². The van der Waals surface area contributed by atoms with Crippen molar-refractivity contribution in [1.82, 2.24) is 15.0 Å². The van der Waals surface area contributed by atoms with Crippen LogP contribution in [0.25, 0.3) is 11.3 Å². The quantitative estimate of drug-likeness (QED) is 0.303. The molecule has 172 valence electrons. The van der Waals surface area contributed by atoms with Gasteiger partial charge in [-0.25, -0.2) is 5.43 Å². The summed E-state index contributed by atoms with van der Waals surface area (Å²) in [6.07, 6.45) is 1.43. The smallest absolute Gasteiger partial charge is 0.322 e. The van der Waals surface area contributed by atoms with E-state index >= 15 is 0 Å². The summed E-state index contributed by atoms with van der Waals surface area (Å²) >= 11 is 0. The Morgan fingerprint density at radius 1 is 1.15 bits per heavy atom. The van der Waals surface area contributed by atoms with Crippen LogP contribution in [0.15, 0.2) is 39.9 Å². The zero-order valence-electron chi connectivity index (χ0n) is 17.9. The second-order valence-electron chi connectivity index (χ2n) is 6.76. The summed E-state index contributed by atoms with van der Waals surface area (Å²) in [5.41, 5.74) is 3.12. The largest absolute Gasteiger partial charge is 0.496 e. The molecule has 0 radical (unpaired) electrons. The number of furan rings is 1. The molecular weight excluding hydrogens is 434 g/mol. The highest BCUT2D eigenvalue weighted by Crippen LogP contribution is 2.34. The summed E-state index contributed by atoms with van der Waals surface area (Å²) in [7, 11) is 2.95. The van der Waals surface area contributed by atoms with E-state index in [0.29, 0.717) is 55.1 Å². The van der Waals surface area contributed by atoms with Crippen LogP contribution in [0.1, 0.15) is 5.76 Å². The second kappa shape index (κ2) is 9.91. The van der Waals surface area contributed by atoms with E-state index in [-0.39, 0.29) is 17.6 Å². The van der Waals surface area contributed by atoms with E-state index in [1.807, 2.05) is 4.90 Å². The van der Waals surface area contributed by atoms with E-state index < -0.39 is 4.92 Å². The highest BCUT2D eigenvalue weighted by molar-refractivity contribution is 5.79. The maximum Gasteiger partial charge on any atom is 0.322 e. The van der Waals surface area contributed by atoms with Gasteiger partial charge >= 0.3 is 6.01 Å². The Hall–Kier alpha value is -4.26. The number of hydrogen-bond donors (Lipinski definition) is 1. The lowest BCUT2D eigenvalue weighted by Gasteiger charge is -2.26. The van der Waals surface area contributed by atoms with Gasteiger partial charge in [0, 0.05) is 25.2 Å². The minimum Gasteiger partial charge on any atom is -0.496 e. The van der Waals surface area contributed by atoms with Gasteiger partial charge in [0.25, 0.3) is 11.6 Å². The molecular formula is C20H21N7O6. The average Bonchev–Trinajstić information content (AvgIpc) is 3.32. The second-order valence-corrected chi connectivity index (χ2v) is 6.76.